The highest BCUT2D eigenvalue weighted by Crippen LogP contribution is 2.48. The van der Waals surface area contributed by atoms with Gasteiger partial charge in [-0.15, -0.1) is 0 Å². The highest BCUT2D eigenvalue weighted by molar-refractivity contribution is 7.99. The number of hydrogen-bond donors (Lipinski definition) is 0. The minimum atomic E-state index is -0.108. The molecule has 1 aliphatic rings. The Labute approximate surface area is 124 Å². The van der Waals surface area contributed by atoms with E-state index in [1.54, 1.807) is 0 Å². The molecule has 20 heavy (non-hydrogen) atoms. The fourth-order valence-corrected chi connectivity index (χ4v) is 4.36. The van der Waals surface area contributed by atoms with Crippen molar-refractivity contribution in [2.45, 2.75) is 42.4 Å². The molecule has 0 N–H and O–H groups in total. The maximum Gasteiger partial charge on any atom is 0.131 e. The standard InChI is InChI=1S/C18H18OS/c1-3-12-9-10-13(4-2)18-17(12)15(11-19)14-7-5-6-8-16(14)20-18/h5-11,15H,3-4H2,1-2H3. The first-order chi connectivity index (χ1) is 9.80. The van der Waals surface area contributed by atoms with Crippen molar-refractivity contribution in [1.29, 1.82) is 0 Å². The first-order valence-corrected chi connectivity index (χ1v) is 7.98. The second-order valence-corrected chi connectivity index (χ2v) is 6.14. The van der Waals surface area contributed by atoms with Gasteiger partial charge in [0, 0.05) is 9.79 Å². The van der Waals surface area contributed by atoms with Crippen LogP contribution in [-0.4, -0.2) is 6.29 Å². The number of fused-ring (bicyclic) bond motifs is 2. The van der Waals surface area contributed by atoms with Crippen LogP contribution in [0.3, 0.4) is 0 Å². The Morgan fingerprint density at radius 2 is 1.75 bits per heavy atom. The zero-order valence-electron chi connectivity index (χ0n) is 11.8. The second-order valence-electron chi connectivity index (χ2n) is 5.09. The first kappa shape index (κ1) is 13.4. The number of benzene rings is 2. The molecule has 0 fully saturated rings. The van der Waals surface area contributed by atoms with Crippen LogP contribution in [0.2, 0.25) is 0 Å². The first-order valence-electron chi connectivity index (χ1n) is 7.16. The zero-order valence-corrected chi connectivity index (χ0v) is 12.7. The molecule has 1 aliphatic heterocycles. The number of carbonyl (C=O) groups is 1. The van der Waals surface area contributed by atoms with Gasteiger partial charge in [0.15, 0.2) is 0 Å². The topological polar surface area (TPSA) is 17.1 Å². The monoisotopic (exact) mass is 282 g/mol. The van der Waals surface area contributed by atoms with Crippen LogP contribution in [0.5, 0.6) is 0 Å². The van der Waals surface area contributed by atoms with Crippen molar-refractivity contribution in [2.75, 3.05) is 0 Å². The summed E-state index contributed by atoms with van der Waals surface area (Å²) < 4.78 is 0. The summed E-state index contributed by atoms with van der Waals surface area (Å²) >= 11 is 1.82. The second kappa shape index (κ2) is 5.45. The van der Waals surface area contributed by atoms with Crippen LogP contribution >= 0.6 is 11.8 Å². The van der Waals surface area contributed by atoms with Crippen LogP contribution in [0.25, 0.3) is 0 Å². The van der Waals surface area contributed by atoms with Crippen molar-refractivity contribution in [1.82, 2.24) is 0 Å². The Hall–Kier alpha value is -1.54. The number of aldehydes is 1. The van der Waals surface area contributed by atoms with Crippen LogP contribution in [0.15, 0.2) is 46.2 Å². The molecule has 2 aromatic carbocycles. The average Bonchev–Trinajstić information content (AvgIpc) is 2.51. The van der Waals surface area contributed by atoms with E-state index < -0.39 is 0 Å². The molecule has 0 saturated carbocycles. The van der Waals surface area contributed by atoms with Crippen LogP contribution in [0, 0.1) is 0 Å². The van der Waals surface area contributed by atoms with E-state index in [9.17, 15) is 4.79 Å². The van der Waals surface area contributed by atoms with E-state index in [1.165, 1.54) is 26.5 Å². The zero-order chi connectivity index (χ0) is 14.1. The molecule has 102 valence electrons. The third-order valence-electron chi connectivity index (χ3n) is 4.04. The van der Waals surface area contributed by atoms with Gasteiger partial charge in [-0.1, -0.05) is 55.9 Å². The van der Waals surface area contributed by atoms with Crippen molar-refractivity contribution in [3.63, 3.8) is 0 Å². The summed E-state index contributed by atoms with van der Waals surface area (Å²) in [5.74, 6) is -0.108. The van der Waals surface area contributed by atoms with E-state index in [0.717, 1.165) is 24.7 Å². The Morgan fingerprint density at radius 3 is 2.45 bits per heavy atom. The molecule has 0 aliphatic carbocycles. The summed E-state index contributed by atoms with van der Waals surface area (Å²) in [7, 11) is 0. The molecule has 1 heterocycles. The van der Waals surface area contributed by atoms with Gasteiger partial charge in [0.2, 0.25) is 0 Å². The molecule has 1 atom stereocenters. The molecule has 0 aromatic heterocycles. The molecule has 0 saturated heterocycles. The Bertz CT molecular complexity index is 660. The van der Waals surface area contributed by atoms with Crippen molar-refractivity contribution in [2.24, 2.45) is 0 Å². The van der Waals surface area contributed by atoms with Gasteiger partial charge >= 0.3 is 0 Å². The van der Waals surface area contributed by atoms with Gasteiger partial charge < -0.3 is 4.79 Å². The molecular weight excluding hydrogens is 264 g/mol. The van der Waals surface area contributed by atoms with E-state index in [0.29, 0.717) is 0 Å². The lowest BCUT2D eigenvalue weighted by atomic mass is 9.86. The molecule has 0 bridgehead atoms. The molecule has 3 rings (SSSR count). The fraction of sp³-hybridized carbons (Fsp3) is 0.278. The molecule has 1 unspecified atom stereocenters. The maximum absolute atomic E-state index is 11.7. The summed E-state index contributed by atoms with van der Waals surface area (Å²) in [4.78, 5) is 14.3. The highest BCUT2D eigenvalue weighted by atomic mass is 32.2. The van der Waals surface area contributed by atoms with Crippen molar-refractivity contribution >= 4 is 18.0 Å². The quantitative estimate of drug-likeness (QED) is 0.765. The van der Waals surface area contributed by atoms with Gasteiger partial charge in [-0.05, 0) is 41.2 Å². The molecule has 1 nitrogen and oxygen atoms in total. The van der Waals surface area contributed by atoms with Gasteiger partial charge in [0.05, 0.1) is 5.92 Å². The number of rotatable bonds is 3. The Balaban J connectivity index is 2.28. The third-order valence-corrected chi connectivity index (χ3v) is 5.32. The van der Waals surface area contributed by atoms with Crippen molar-refractivity contribution < 1.29 is 4.79 Å². The summed E-state index contributed by atoms with van der Waals surface area (Å²) in [5, 5.41) is 0. The average molecular weight is 282 g/mol. The Morgan fingerprint density at radius 1 is 1.05 bits per heavy atom. The highest BCUT2D eigenvalue weighted by Gasteiger charge is 2.29. The van der Waals surface area contributed by atoms with E-state index >= 15 is 0 Å². The summed E-state index contributed by atoms with van der Waals surface area (Å²) in [6, 6.07) is 12.7. The molecule has 0 amide bonds. The molecular formula is C18H18OS. The predicted octanol–water partition coefficient (Wildman–Crippen LogP) is 4.61. The van der Waals surface area contributed by atoms with Crippen LogP contribution in [-0.2, 0) is 17.6 Å². The minimum absolute atomic E-state index is 0.108. The smallest absolute Gasteiger partial charge is 0.131 e. The molecule has 2 aromatic rings. The lowest BCUT2D eigenvalue weighted by molar-refractivity contribution is -0.108. The van der Waals surface area contributed by atoms with E-state index in [1.807, 2.05) is 23.9 Å². The summed E-state index contributed by atoms with van der Waals surface area (Å²) in [6.07, 6.45) is 3.09. The lowest BCUT2D eigenvalue weighted by Crippen LogP contribution is -2.13. The van der Waals surface area contributed by atoms with E-state index in [2.05, 4.69) is 38.1 Å². The largest absolute Gasteiger partial charge is 0.302 e. The normalized spacial score (nSPS) is 16.4. The Kier molecular flexibility index (Phi) is 3.66. The molecule has 0 radical (unpaired) electrons. The lowest BCUT2D eigenvalue weighted by Gasteiger charge is -2.28. The molecule has 0 spiro atoms. The summed E-state index contributed by atoms with van der Waals surface area (Å²) in [5.41, 5.74) is 5.05. The van der Waals surface area contributed by atoms with Gasteiger partial charge in [0.1, 0.15) is 6.29 Å². The van der Waals surface area contributed by atoms with E-state index in [4.69, 9.17) is 0 Å². The number of hydrogen-bond acceptors (Lipinski definition) is 2. The predicted molar refractivity (Wildman–Crippen MR) is 83.7 cm³/mol. The SMILES string of the molecule is CCc1ccc(CC)c2c1Sc1ccccc1C2C=O. The van der Waals surface area contributed by atoms with Gasteiger partial charge in [0.25, 0.3) is 0 Å². The minimum Gasteiger partial charge on any atom is -0.302 e. The van der Waals surface area contributed by atoms with Crippen molar-refractivity contribution in [3.8, 4) is 0 Å². The van der Waals surface area contributed by atoms with Gasteiger partial charge in [-0.25, -0.2) is 0 Å². The van der Waals surface area contributed by atoms with Crippen molar-refractivity contribution in [3.05, 3.63) is 58.7 Å². The fourth-order valence-electron chi connectivity index (χ4n) is 2.97. The van der Waals surface area contributed by atoms with E-state index in [-0.39, 0.29) is 5.92 Å². The summed E-state index contributed by atoms with van der Waals surface area (Å²) in [6.45, 7) is 4.34. The third kappa shape index (κ3) is 1.99. The van der Waals surface area contributed by atoms with Gasteiger partial charge in [-0.2, -0.15) is 0 Å². The molecule has 2 heteroatoms. The maximum atomic E-state index is 11.7. The number of aryl methyl sites for hydroxylation is 2. The van der Waals surface area contributed by atoms with Crippen LogP contribution in [0.1, 0.15) is 42.0 Å². The van der Waals surface area contributed by atoms with Crippen LogP contribution in [0.4, 0.5) is 0 Å². The number of carbonyl (C=O) groups excluding carboxylic acids is 1. The van der Waals surface area contributed by atoms with Crippen LogP contribution < -0.4 is 0 Å². The van der Waals surface area contributed by atoms with Gasteiger partial charge in [-0.3, -0.25) is 0 Å².